The van der Waals surface area contributed by atoms with Crippen LogP contribution in [0.5, 0.6) is 0 Å². The number of thiocarbonyl (C=S) groups is 1. The van der Waals surface area contributed by atoms with Crippen LogP contribution in [-0.2, 0) is 23.7 Å². The summed E-state index contributed by atoms with van der Waals surface area (Å²) < 4.78 is 29.6. The Bertz CT molecular complexity index is 487. The first-order valence-corrected chi connectivity index (χ1v) is 8.42. The van der Waals surface area contributed by atoms with E-state index in [9.17, 15) is 0 Å². The highest BCUT2D eigenvalue weighted by Gasteiger charge is 2.58. The van der Waals surface area contributed by atoms with Crippen LogP contribution < -0.4 is 0 Å². The summed E-state index contributed by atoms with van der Waals surface area (Å²) in [7, 11) is 0. The standard InChI is InChI=1S/C16H23NO5S/c1-4-10(17-9-23)12-13-14(22-16(2,3)21-13)15(20-12)19-11-7-5-6-8-18-11/h4,10-15H,1,5-8H2,2-3H3/t10-,11?,12-,13-,14-,15-/m1/s1. The lowest BCUT2D eigenvalue weighted by atomic mass is 10.0. The van der Waals surface area contributed by atoms with E-state index in [1.165, 1.54) is 0 Å². The molecule has 1 unspecified atom stereocenters. The summed E-state index contributed by atoms with van der Waals surface area (Å²) in [5, 5.41) is 2.39. The quantitative estimate of drug-likeness (QED) is 0.435. The van der Waals surface area contributed by atoms with Crippen molar-refractivity contribution in [1.82, 2.24) is 0 Å². The second-order valence-electron chi connectivity index (χ2n) is 6.41. The normalized spacial score (nSPS) is 40.2. The smallest absolute Gasteiger partial charge is 0.190 e. The molecule has 6 atom stereocenters. The van der Waals surface area contributed by atoms with Gasteiger partial charge in [0.2, 0.25) is 0 Å². The molecule has 3 heterocycles. The van der Waals surface area contributed by atoms with Crippen LogP contribution in [0.1, 0.15) is 33.1 Å². The van der Waals surface area contributed by atoms with E-state index in [0.717, 1.165) is 19.3 Å². The van der Waals surface area contributed by atoms with Gasteiger partial charge in [-0.1, -0.05) is 6.08 Å². The van der Waals surface area contributed by atoms with Gasteiger partial charge in [0.1, 0.15) is 24.4 Å². The maximum atomic E-state index is 6.03. The Morgan fingerprint density at radius 1 is 1.35 bits per heavy atom. The fourth-order valence-corrected chi connectivity index (χ4v) is 3.39. The SMILES string of the molecule is C=C[C@@H](N=C=S)[C@H]1O[C@@H](OC2CCCCO2)[C@@H]2OC(C)(C)O[C@@H]21. The summed E-state index contributed by atoms with van der Waals surface area (Å²) in [4.78, 5) is 4.11. The predicted octanol–water partition coefficient (Wildman–Crippen LogP) is 2.43. The Morgan fingerprint density at radius 3 is 2.78 bits per heavy atom. The van der Waals surface area contributed by atoms with Crippen molar-refractivity contribution in [2.24, 2.45) is 4.99 Å². The minimum Gasteiger partial charge on any atom is -0.353 e. The molecule has 0 radical (unpaired) electrons. The summed E-state index contributed by atoms with van der Waals surface area (Å²) in [6.07, 6.45) is 2.86. The summed E-state index contributed by atoms with van der Waals surface area (Å²) in [5.41, 5.74) is 0. The number of aliphatic imine (C=N–C) groups is 1. The van der Waals surface area contributed by atoms with Crippen molar-refractivity contribution in [3.63, 3.8) is 0 Å². The van der Waals surface area contributed by atoms with Crippen LogP contribution in [-0.4, -0.2) is 54.5 Å². The average Bonchev–Trinajstić information content (AvgIpc) is 3.00. The van der Waals surface area contributed by atoms with Gasteiger partial charge in [-0.05, 0) is 45.3 Å². The Balaban J connectivity index is 1.75. The average molecular weight is 341 g/mol. The number of ether oxygens (including phenoxy) is 5. The molecule has 3 aliphatic rings. The van der Waals surface area contributed by atoms with E-state index in [2.05, 4.69) is 16.7 Å². The van der Waals surface area contributed by atoms with Crippen LogP contribution in [0, 0.1) is 0 Å². The molecule has 3 fully saturated rings. The number of rotatable bonds is 5. The molecule has 3 aliphatic heterocycles. The third-order valence-electron chi connectivity index (χ3n) is 4.25. The molecule has 0 aliphatic carbocycles. The van der Waals surface area contributed by atoms with Crippen LogP contribution in [0.15, 0.2) is 17.6 Å². The number of fused-ring (bicyclic) bond motifs is 1. The second-order valence-corrected chi connectivity index (χ2v) is 6.60. The molecule has 0 N–H and O–H groups in total. The lowest BCUT2D eigenvalue weighted by molar-refractivity contribution is -0.287. The zero-order valence-corrected chi connectivity index (χ0v) is 14.3. The van der Waals surface area contributed by atoms with Crippen molar-refractivity contribution < 1.29 is 23.7 Å². The van der Waals surface area contributed by atoms with Crippen LogP contribution >= 0.6 is 12.2 Å². The lowest BCUT2D eigenvalue weighted by Gasteiger charge is -2.29. The number of isothiocyanates is 1. The zero-order valence-electron chi connectivity index (χ0n) is 13.5. The van der Waals surface area contributed by atoms with Crippen LogP contribution in [0.25, 0.3) is 0 Å². The van der Waals surface area contributed by atoms with E-state index in [1.54, 1.807) is 6.08 Å². The van der Waals surface area contributed by atoms with Gasteiger partial charge in [0.15, 0.2) is 18.4 Å². The molecule has 0 aromatic heterocycles. The fourth-order valence-electron chi connectivity index (χ4n) is 3.27. The van der Waals surface area contributed by atoms with E-state index in [4.69, 9.17) is 35.9 Å². The van der Waals surface area contributed by atoms with Gasteiger partial charge in [0.25, 0.3) is 0 Å². The number of hydrogen-bond acceptors (Lipinski definition) is 7. The molecule has 3 saturated heterocycles. The minimum atomic E-state index is -0.695. The first-order valence-electron chi connectivity index (χ1n) is 8.02. The van der Waals surface area contributed by atoms with Gasteiger partial charge < -0.3 is 23.7 Å². The molecule has 0 spiro atoms. The molecule has 128 valence electrons. The highest BCUT2D eigenvalue weighted by Crippen LogP contribution is 2.41. The van der Waals surface area contributed by atoms with Crippen molar-refractivity contribution in [2.75, 3.05) is 6.61 Å². The Labute approximate surface area is 141 Å². The molecule has 6 nitrogen and oxygen atoms in total. The molecular formula is C16H23NO5S. The van der Waals surface area contributed by atoms with Crippen LogP contribution in [0.2, 0.25) is 0 Å². The van der Waals surface area contributed by atoms with Gasteiger partial charge in [-0.25, -0.2) is 4.99 Å². The summed E-state index contributed by atoms with van der Waals surface area (Å²) in [6, 6.07) is -0.349. The van der Waals surface area contributed by atoms with Gasteiger partial charge >= 0.3 is 0 Å². The Hall–Kier alpha value is -0.660. The van der Waals surface area contributed by atoms with Crippen molar-refractivity contribution in [3.8, 4) is 0 Å². The third kappa shape index (κ3) is 3.72. The molecular weight excluding hydrogens is 318 g/mol. The second kappa shape index (κ2) is 7.07. The zero-order chi connectivity index (χ0) is 16.4. The maximum absolute atomic E-state index is 6.03. The van der Waals surface area contributed by atoms with Gasteiger partial charge in [0, 0.05) is 6.61 Å². The van der Waals surface area contributed by atoms with Crippen LogP contribution in [0.3, 0.4) is 0 Å². The highest BCUT2D eigenvalue weighted by molar-refractivity contribution is 7.78. The Kier molecular flexibility index (Phi) is 5.28. The van der Waals surface area contributed by atoms with E-state index in [0.29, 0.717) is 6.61 Å². The van der Waals surface area contributed by atoms with E-state index < -0.39 is 12.1 Å². The summed E-state index contributed by atoms with van der Waals surface area (Å²) in [5.74, 6) is -0.695. The van der Waals surface area contributed by atoms with Gasteiger partial charge in [-0.15, -0.1) is 6.58 Å². The summed E-state index contributed by atoms with van der Waals surface area (Å²) >= 11 is 4.71. The maximum Gasteiger partial charge on any atom is 0.190 e. The molecule has 0 bridgehead atoms. The predicted molar refractivity (Wildman–Crippen MR) is 86.2 cm³/mol. The molecule has 7 heteroatoms. The number of hydrogen-bond donors (Lipinski definition) is 0. The summed E-state index contributed by atoms with van der Waals surface area (Å²) in [6.45, 7) is 8.26. The van der Waals surface area contributed by atoms with Gasteiger partial charge in [-0.2, -0.15) is 0 Å². The van der Waals surface area contributed by atoms with Crippen molar-refractivity contribution in [1.29, 1.82) is 0 Å². The topological polar surface area (TPSA) is 58.5 Å². The molecule has 0 aromatic rings. The highest BCUT2D eigenvalue weighted by atomic mass is 32.1. The van der Waals surface area contributed by atoms with Crippen molar-refractivity contribution in [3.05, 3.63) is 12.7 Å². The lowest BCUT2D eigenvalue weighted by Crippen LogP contribution is -2.36. The number of nitrogens with zero attached hydrogens (tertiary/aromatic N) is 1. The van der Waals surface area contributed by atoms with E-state index in [-0.39, 0.29) is 30.6 Å². The molecule has 3 rings (SSSR count). The van der Waals surface area contributed by atoms with E-state index >= 15 is 0 Å². The van der Waals surface area contributed by atoms with Crippen LogP contribution in [0.4, 0.5) is 0 Å². The molecule has 0 aromatic carbocycles. The monoisotopic (exact) mass is 341 g/mol. The molecule has 23 heavy (non-hydrogen) atoms. The van der Waals surface area contributed by atoms with Crippen molar-refractivity contribution >= 4 is 17.4 Å². The minimum absolute atomic E-state index is 0.267. The third-order valence-corrected chi connectivity index (χ3v) is 4.36. The van der Waals surface area contributed by atoms with Gasteiger partial charge in [0.05, 0.1) is 5.16 Å². The largest absolute Gasteiger partial charge is 0.353 e. The van der Waals surface area contributed by atoms with E-state index in [1.807, 2.05) is 13.8 Å². The molecule has 0 saturated carbocycles. The van der Waals surface area contributed by atoms with Crippen molar-refractivity contribution in [2.45, 2.75) is 75.8 Å². The van der Waals surface area contributed by atoms with Gasteiger partial charge in [-0.3, -0.25) is 0 Å². The first kappa shape index (κ1) is 17.2. The Morgan fingerprint density at radius 2 is 2.13 bits per heavy atom. The fraction of sp³-hybridized carbons (Fsp3) is 0.812. The molecule has 0 amide bonds. The first-order chi connectivity index (χ1) is 11.0.